The van der Waals surface area contributed by atoms with E-state index in [4.69, 9.17) is 4.42 Å². The lowest BCUT2D eigenvalue weighted by atomic mass is 10.5. The summed E-state index contributed by atoms with van der Waals surface area (Å²) < 4.78 is 5.06. The largest absolute Gasteiger partial charge is 0.503 e. The van der Waals surface area contributed by atoms with Gasteiger partial charge < -0.3 is 14.5 Å². The van der Waals surface area contributed by atoms with Crippen molar-refractivity contribution >= 4 is 11.8 Å². The van der Waals surface area contributed by atoms with E-state index < -0.39 is 5.56 Å². The maximum atomic E-state index is 10.9. The number of hydrogen-bond donors (Lipinski definition) is 2. The maximum Gasteiger partial charge on any atom is 0.290 e. The van der Waals surface area contributed by atoms with Gasteiger partial charge in [0.1, 0.15) is 6.26 Å². The van der Waals surface area contributed by atoms with Crippen molar-refractivity contribution in [1.82, 2.24) is 9.97 Å². The van der Waals surface area contributed by atoms with Gasteiger partial charge in [-0.25, -0.2) is 4.98 Å². The molecule has 0 atom stereocenters. The van der Waals surface area contributed by atoms with E-state index >= 15 is 0 Å². The smallest absolute Gasteiger partial charge is 0.290 e. The molecule has 6 heteroatoms. The van der Waals surface area contributed by atoms with Gasteiger partial charge in [0.25, 0.3) is 5.56 Å². The fourth-order valence-electron chi connectivity index (χ4n) is 1.17. The number of nitrogens with one attached hydrogen (secondary N) is 1. The molecule has 0 saturated heterocycles. The standard InChI is InChI=1S/C10H10N2O3S/c1-6-12-7(4-15-6)5-16-8-2-9(13)10(14)11-3-8/h2-4,13H,5H2,1H3,(H,11,14). The average molecular weight is 238 g/mol. The zero-order valence-corrected chi connectivity index (χ0v) is 9.37. The first-order valence-electron chi connectivity index (χ1n) is 4.60. The summed E-state index contributed by atoms with van der Waals surface area (Å²) in [6, 6.07) is 1.43. The first kappa shape index (κ1) is 10.8. The van der Waals surface area contributed by atoms with E-state index in [0.29, 0.717) is 11.6 Å². The minimum atomic E-state index is -0.485. The summed E-state index contributed by atoms with van der Waals surface area (Å²) >= 11 is 1.46. The highest BCUT2D eigenvalue weighted by Gasteiger charge is 2.03. The molecule has 0 spiro atoms. The molecule has 0 unspecified atom stereocenters. The number of thioether (sulfide) groups is 1. The molecule has 0 saturated carbocycles. The number of H-pyrrole nitrogens is 1. The predicted molar refractivity (Wildman–Crippen MR) is 59.5 cm³/mol. The van der Waals surface area contributed by atoms with Crippen LogP contribution in [0.5, 0.6) is 5.75 Å². The lowest BCUT2D eigenvalue weighted by Gasteiger charge is -1.98. The topological polar surface area (TPSA) is 79.1 Å². The number of aromatic amines is 1. The van der Waals surface area contributed by atoms with Crippen molar-refractivity contribution in [1.29, 1.82) is 0 Å². The van der Waals surface area contributed by atoms with Gasteiger partial charge in [-0.2, -0.15) is 0 Å². The van der Waals surface area contributed by atoms with Crippen molar-refractivity contribution in [3.05, 3.63) is 40.5 Å². The van der Waals surface area contributed by atoms with Gasteiger partial charge in [0.2, 0.25) is 0 Å². The van der Waals surface area contributed by atoms with E-state index in [1.807, 2.05) is 0 Å². The second-order valence-corrected chi connectivity index (χ2v) is 4.25. The third kappa shape index (κ3) is 2.46. The molecule has 0 radical (unpaired) electrons. The Bertz CT molecular complexity index is 547. The number of pyridine rings is 1. The Morgan fingerprint density at radius 3 is 3.06 bits per heavy atom. The van der Waals surface area contributed by atoms with Gasteiger partial charge in [-0.15, -0.1) is 11.8 Å². The predicted octanol–water partition coefficient (Wildman–Crippen LogP) is 1.67. The minimum absolute atomic E-state index is 0.277. The number of aryl methyl sites for hydroxylation is 1. The Morgan fingerprint density at radius 2 is 2.44 bits per heavy atom. The molecule has 0 aromatic carbocycles. The number of hydrogen-bond acceptors (Lipinski definition) is 5. The van der Waals surface area contributed by atoms with Crippen molar-refractivity contribution in [2.24, 2.45) is 0 Å². The van der Waals surface area contributed by atoms with Crippen LogP contribution in [0.3, 0.4) is 0 Å². The highest BCUT2D eigenvalue weighted by Crippen LogP contribution is 2.22. The molecular weight excluding hydrogens is 228 g/mol. The Hall–Kier alpha value is -1.69. The SMILES string of the molecule is Cc1nc(CSc2c[nH]c(=O)c(O)c2)co1. The molecule has 84 valence electrons. The zero-order chi connectivity index (χ0) is 11.5. The Kier molecular flexibility index (Phi) is 3.00. The summed E-state index contributed by atoms with van der Waals surface area (Å²) in [5.41, 5.74) is 0.342. The minimum Gasteiger partial charge on any atom is -0.503 e. The van der Waals surface area contributed by atoms with Crippen LogP contribution in [0.25, 0.3) is 0 Å². The first-order valence-corrected chi connectivity index (χ1v) is 5.59. The van der Waals surface area contributed by atoms with E-state index in [2.05, 4.69) is 9.97 Å². The van der Waals surface area contributed by atoms with Crippen molar-refractivity contribution in [3.63, 3.8) is 0 Å². The molecule has 2 aromatic rings. The second kappa shape index (κ2) is 4.44. The molecule has 0 aliphatic carbocycles. The van der Waals surface area contributed by atoms with Crippen LogP contribution in [0, 0.1) is 6.92 Å². The highest BCUT2D eigenvalue weighted by atomic mass is 32.2. The van der Waals surface area contributed by atoms with E-state index in [1.54, 1.807) is 19.4 Å². The summed E-state index contributed by atoms with van der Waals surface area (Å²) in [7, 11) is 0. The van der Waals surface area contributed by atoms with Crippen molar-refractivity contribution in [2.45, 2.75) is 17.6 Å². The summed E-state index contributed by atoms with van der Waals surface area (Å²) in [6.07, 6.45) is 3.15. The van der Waals surface area contributed by atoms with Crippen LogP contribution >= 0.6 is 11.8 Å². The maximum absolute atomic E-state index is 10.9. The van der Waals surface area contributed by atoms with E-state index in [-0.39, 0.29) is 5.75 Å². The molecule has 5 nitrogen and oxygen atoms in total. The van der Waals surface area contributed by atoms with Gasteiger partial charge >= 0.3 is 0 Å². The van der Waals surface area contributed by atoms with Crippen molar-refractivity contribution < 1.29 is 9.52 Å². The van der Waals surface area contributed by atoms with E-state index in [9.17, 15) is 9.90 Å². The fourth-order valence-corrected chi connectivity index (χ4v) is 1.95. The third-order valence-electron chi connectivity index (χ3n) is 1.91. The Labute approximate surface area is 95.5 Å². The van der Waals surface area contributed by atoms with Gasteiger partial charge in [0.05, 0.1) is 5.69 Å². The highest BCUT2D eigenvalue weighted by molar-refractivity contribution is 7.98. The van der Waals surface area contributed by atoms with Crippen molar-refractivity contribution in [3.8, 4) is 5.75 Å². The zero-order valence-electron chi connectivity index (χ0n) is 8.56. The summed E-state index contributed by atoms with van der Waals surface area (Å²) in [5.74, 6) is 0.976. The Morgan fingerprint density at radius 1 is 1.62 bits per heavy atom. The van der Waals surface area contributed by atoms with Crippen LogP contribution in [0.1, 0.15) is 11.6 Å². The third-order valence-corrected chi connectivity index (χ3v) is 2.92. The first-order chi connectivity index (χ1) is 7.65. The van der Waals surface area contributed by atoms with Gasteiger partial charge in [-0.05, 0) is 0 Å². The second-order valence-electron chi connectivity index (χ2n) is 3.20. The molecule has 2 heterocycles. The van der Waals surface area contributed by atoms with E-state index in [1.165, 1.54) is 17.8 Å². The number of aromatic nitrogens is 2. The lowest BCUT2D eigenvalue weighted by Crippen LogP contribution is -2.03. The quantitative estimate of drug-likeness (QED) is 0.795. The van der Waals surface area contributed by atoms with Crippen LogP contribution in [0.4, 0.5) is 0 Å². The lowest BCUT2D eigenvalue weighted by molar-refractivity contribution is 0.464. The van der Waals surface area contributed by atoms with Gasteiger partial charge in [0, 0.05) is 29.8 Å². The van der Waals surface area contributed by atoms with Crippen molar-refractivity contribution in [2.75, 3.05) is 0 Å². The molecule has 16 heavy (non-hydrogen) atoms. The average Bonchev–Trinajstić information content (AvgIpc) is 2.66. The van der Waals surface area contributed by atoms with Crippen LogP contribution < -0.4 is 5.56 Å². The molecule has 0 amide bonds. The van der Waals surface area contributed by atoms with E-state index in [0.717, 1.165) is 10.6 Å². The van der Waals surface area contributed by atoms with Crippen LogP contribution in [-0.4, -0.2) is 15.1 Å². The molecule has 2 aromatic heterocycles. The fraction of sp³-hybridized carbons (Fsp3) is 0.200. The molecule has 0 bridgehead atoms. The summed E-state index contributed by atoms with van der Waals surface area (Å²) in [6.45, 7) is 1.78. The molecule has 2 rings (SSSR count). The number of oxazole rings is 1. The summed E-state index contributed by atoms with van der Waals surface area (Å²) in [4.78, 5) is 18.3. The normalized spacial score (nSPS) is 10.6. The van der Waals surface area contributed by atoms with Crippen LogP contribution in [-0.2, 0) is 5.75 Å². The van der Waals surface area contributed by atoms with Gasteiger partial charge in [-0.3, -0.25) is 4.79 Å². The molecule has 0 aliphatic heterocycles. The monoisotopic (exact) mass is 238 g/mol. The number of aromatic hydroxyl groups is 1. The van der Waals surface area contributed by atoms with Gasteiger partial charge in [-0.1, -0.05) is 0 Å². The number of nitrogens with zero attached hydrogens (tertiary/aromatic N) is 1. The molecule has 2 N–H and O–H groups in total. The Balaban J connectivity index is 2.05. The van der Waals surface area contributed by atoms with Crippen LogP contribution in [0.2, 0.25) is 0 Å². The van der Waals surface area contributed by atoms with Crippen LogP contribution in [0.15, 0.2) is 32.6 Å². The van der Waals surface area contributed by atoms with Gasteiger partial charge in [0.15, 0.2) is 11.6 Å². The molecule has 0 fully saturated rings. The molecule has 0 aliphatic rings. The summed E-state index contributed by atoms with van der Waals surface area (Å²) in [5, 5.41) is 9.21. The number of rotatable bonds is 3. The molecular formula is C10H10N2O3S.